The summed E-state index contributed by atoms with van der Waals surface area (Å²) in [6.45, 7) is 1.67. The molecule has 78 valence electrons. The maximum Gasteiger partial charge on any atom is 0.338 e. The lowest BCUT2D eigenvalue weighted by Gasteiger charge is -2.05. The van der Waals surface area contributed by atoms with Gasteiger partial charge in [-0.1, -0.05) is 0 Å². The highest BCUT2D eigenvalue weighted by Crippen LogP contribution is 1.71. The number of H-pyrrole nitrogens is 1. The molecule has 1 rings (SSSR count). The highest BCUT2D eigenvalue weighted by Gasteiger charge is 2.06. The van der Waals surface area contributed by atoms with Crippen molar-refractivity contribution in [2.24, 2.45) is 0 Å². The van der Waals surface area contributed by atoms with Crippen LogP contribution in [0.1, 0.15) is 6.92 Å². The molecule has 1 heterocycles. The van der Waals surface area contributed by atoms with Gasteiger partial charge in [0, 0.05) is 13.7 Å². The van der Waals surface area contributed by atoms with E-state index in [4.69, 9.17) is 0 Å². The SMILES string of the molecule is CCn1c(=O)[nH]c(=O)n(COC)c1=O. The molecular weight excluding hydrogens is 190 g/mol. The van der Waals surface area contributed by atoms with E-state index < -0.39 is 17.1 Å². The van der Waals surface area contributed by atoms with Gasteiger partial charge < -0.3 is 4.74 Å². The van der Waals surface area contributed by atoms with Gasteiger partial charge in [-0.25, -0.2) is 23.5 Å². The number of ether oxygens (including phenoxy) is 1. The second-order valence-electron chi connectivity index (χ2n) is 2.61. The normalized spacial score (nSPS) is 10.4. The summed E-state index contributed by atoms with van der Waals surface area (Å²) in [5.41, 5.74) is -2.12. The van der Waals surface area contributed by atoms with Crippen LogP contribution in [-0.4, -0.2) is 21.2 Å². The molecule has 1 aromatic heterocycles. The summed E-state index contributed by atoms with van der Waals surface area (Å²) >= 11 is 0. The van der Waals surface area contributed by atoms with E-state index in [-0.39, 0.29) is 13.3 Å². The first-order chi connectivity index (χ1) is 6.61. The summed E-state index contributed by atoms with van der Waals surface area (Å²) < 4.78 is 6.38. The van der Waals surface area contributed by atoms with Crippen LogP contribution in [0.4, 0.5) is 0 Å². The topological polar surface area (TPSA) is 86.1 Å². The van der Waals surface area contributed by atoms with Gasteiger partial charge in [0.1, 0.15) is 6.73 Å². The first kappa shape index (κ1) is 10.5. The van der Waals surface area contributed by atoms with Crippen molar-refractivity contribution in [2.75, 3.05) is 7.11 Å². The van der Waals surface area contributed by atoms with E-state index in [2.05, 4.69) is 4.74 Å². The van der Waals surface area contributed by atoms with E-state index >= 15 is 0 Å². The Hall–Kier alpha value is -1.63. The number of rotatable bonds is 3. The van der Waals surface area contributed by atoms with Gasteiger partial charge in [-0.15, -0.1) is 0 Å². The minimum Gasteiger partial charge on any atom is -0.364 e. The molecule has 0 fully saturated rings. The zero-order chi connectivity index (χ0) is 10.7. The molecule has 0 atom stereocenters. The monoisotopic (exact) mass is 201 g/mol. The largest absolute Gasteiger partial charge is 0.364 e. The molecule has 7 heteroatoms. The van der Waals surface area contributed by atoms with Crippen molar-refractivity contribution in [3.8, 4) is 0 Å². The lowest BCUT2D eigenvalue weighted by atomic mass is 10.7. The van der Waals surface area contributed by atoms with E-state index in [0.29, 0.717) is 0 Å². The van der Waals surface area contributed by atoms with Crippen molar-refractivity contribution in [1.82, 2.24) is 14.1 Å². The van der Waals surface area contributed by atoms with Crippen molar-refractivity contribution < 1.29 is 4.74 Å². The number of hydrogen-bond acceptors (Lipinski definition) is 4. The van der Waals surface area contributed by atoms with Gasteiger partial charge in [0.25, 0.3) is 0 Å². The number of aromatic nitrogens is 3. The Bertz CT molecular complexity index is 481. The maximum absolute atomic E-state index is 11.5. The van der Waals surface area contributed by atoms with Gasteiger partial charge >= 0.3 is 17.1 Å². The van der Waals surface area contributed by atoms with E-state index in [0.717, 1.165) is 9.13 Å². The second kappa shape index (κ2) is 4.05. The van der Waals surface area contributed by atoms with Crippen molar-refractivity contribution in [1.29, 1.82) is 0 Å². The molecule has 0 spiro atoms. The zero-order valence-electron chi connectivity index (χ0n) is 7.94. The van der Waals surface area contributed by atoms with Gasteiger partial charge in [-0.2, -0.15) is 0 Å². The summed E-state index contributed by atoms with van der Waals surface area (Å²) in [6, 6.07) is 0. The van der Waals surface area contributed by atoms with Crippen LogP contribution >= 0.6 is 0 Å². The average molecular weight is 201 g/mol. The smallest absolute Gasteiger partial charge is 0.338 e. The molecule has 0 aliphatic heterocycles. The van der Waals surface area contributed by atoms with Gasteiger partial charge in [0.2, 0.25) is 0 Å². The minimum absolute atomic E-state index is 0.172. The first-order valence-electron chi connectivity index (χ1n) is 4.04. The predicted octanol–water partition coefficient (Wildman–Crippen LogP) is -1.68. The lowest BCUT2D eigenvalue weighted by Crippen LogP contribution is -2.49. The molecular formula is C7H11N3O4. The van der Waals surface area contributed by atoms with Gasteiger partial charge in [0.15, 0.2) is 0 Å². The molecule has 0 unspecified atom stereocenters. The Balaban J connectivity index is 3.53. The van der Waals surface area contributed by atoms with Crippen LogP contribution in [0.2, 0.25) is 0 Å². The highest BCUT2D eigenvalue weighted by molar-refractivity contribution is 4.72. The summed E-state index contributed by atoms with van der Waals surface area (Å²) in [7, 11) is 1.35. The number of nitrogens with one attached hydrogen (secondary N) is 1. The van der Waals surface area contributed by atoms with Gasteiger partial charge in [-0.05, 0) is 6.92 Å². The standard InChI is InChI=1S/C7H11N3O4/c1-3-9-5(11)8-6(12)10(4-14-2)7(9)13/h3-4H2,1-2H3,(H,8,11,12). The fourth-order valence-electron chi connectivity index (χ4n) is 1.07. The van der Waals surface area contributed by atoms with Crippen LogP contribution in [-0.2, 0) is 18.0 Å². The molecule has 0 saturated carbocycles. The maximum atomic E-state index is 11.5. The molecule has 1 N–H and O–H groups in total. The zero-order valence-corrected chi connectivity index (χ0v) is 7.94. The Morgan fingerprint density at radius 3 is 2.29 bits per heavy atom. The van der Waals surface area contributed by atoms with Gasteiger partial charge in [0.05, 0.1) is 0 Å². The van der Waals surface area contributed by atoms with E-state index in [1.54, 1.807) is 6.92 Å². The molecule has 1 aromatic rings. The van der Waals surface area contributed by atoms with E-state index in [1.807, 2.05) is 4.98 Å². The predicted molar refractivity (Wildman–Crippen MR) is 48.3 cm³/mol. The molecule has 0 radical (unpaired) electrons. The van der Waals surface area contributed by atoms with Crippen LogP contribution in [0.5, 0.6) is 0 Å². The van der Waals surface area contributed by atoms with Crippen molar-refractivity contribution in [3.63, 3.8) is 0 Å². The van der Waals surface area contributed by atoms with Crippen molar-refractivity contribution in [2.45, 2.75) is 20.2 Å². The molecule has 0 saturated heterocycles. The Morgan fingerprint density at radius 2 is 1.79 bits per heavy atom. The van der Waals surface area contributed by atoms with E-state index in [9.17, 15) is 14.4 Å². The van der Waals surface area contributed by atoms with Crippen LogP contribution in [0.15, 0.2) is 14.4 Å². The Morgan fingerprint density at radius 1 is 1.21 bits per heavy atom. The van der Waals surface area contributed by atoms with Crippen molar-refractivity contribution >= 4 is 0 Å². The molecule has 0 aliphatic rings. The highest BCUT2D eigenvalue weighted by atomic mass is 16.5. The number of nitrogens with zero attached hydrogens (tertiary/aromatic N) is 2. The van der Waals surface area contributed by atoms with Gasteiger partial charge in [-0.3, -0.25) is 4.98 Å². The van der Waals surface area contributed by atoms with E-state index in [1.165, 1.54) is 7.11 Å². The molecule has 0 bridgehead atoms. The molecule has 7 nitrogen and oxygen atoms in total. The van der Waals surface area contributed by atoms with Crippen LogP contribution in [0, 0.1) is 0 Å². The molecule has 14 heavy (non-hydrogen) atoms. The fraction of sp³-hybridized carbons (Fsp3) is 0.571. The first-order valence-corrected chi connectivity index (χ1v) is 4.04. The van der Waals surface area contributed by atoms with Crippen LogP contribution < -0.4 is 17.1 Å². The Labute approximate surface area is 78.6 Å². The third-order valence-corrected chi connectivity index (χ3v) is 1.74. The minimum atomic E-state index is -0.758. The summed E-state index contributed by atoms with van der Waals surface area (Å²) in [5.74, 6) is 0. The second-order valence-corrected chi connectivity index (χ2v) is 2.61. The average Bonchev–Trinajstić information content (AvgIpc) is 2.12. The number of methoxy groups -OCH3 is 1. The third-order valence-electron chi connectivity index (χ3n) is 1.74. The quantitative estimate of drug-likeness (QED) is 0.633. The van der Waals surface area contributed by atoms with Crippen molar-refractivity contribution in [3.05, 3.63) is 31.5 Å². The van der Waals surface area contributed by atoms with Crippen LogP contribution in [0.25, 0.3) is 0 Å². The number of hydrogen-bond donors (Lipinski definition) is 1. The lowest BCUT2D eigenvalue weighted by molar-refractivity contribution is 0.120. The fourth-order valence-corrected chi connectivity index (χ4v) is 1.07. The molecule has 0 aliphatic carbocycles. The summed E-state index contributed by atoms with van der Waals surface area (Å²) in [6.07, 6.45) is 0. The summed E-state index contributed by atoms with van der Waals surface area (Å²) in [4.78, 5) is 35.7. The molecule has 0 amide bonds. The third kappa shape index (κ3) is 1.67. The molecule has 0 aromatic carbocycles. The van der Waals surface area contributed by atoms with Crippen LogP contribution in [0.3, 0.4) is 0 Å². The summed E-state index contributed by atoms with van der Waals surface area (Å²) in [5, 5.41) is 0. The Kier molecular flexibility index (Phi) is 3.03. The number of aromatic amines is 1.